The van der Waals surface area contributed by atoms with Gasteiger partial charge in [-0.15, -0.1) is 0 Å². The molecule has 2 fully saturated rings. The standard InChI is InChI=1S/C23H27FN2O4S/c1-16-12-17(8-9-22(16)24)26-18-6-7-19(26)15-25(14-18)23(27)10-11-31(28,29)21-5-3-4-20(13-21)30-2/h3-5,8-9,12-13,18-19H,6-7,10-11,14-15H2,1-2H3. The predicted molar refractivity (Wildman–Crippen MR) is 117 cm³/mol. The van der Waals surface area contributed by atoms with Crippen molar-refractivity contribution in [3.05, 3.63) is 53.8 Å². The van der Waals surface area contributed by atoms with Gasteiger partial charge in [-0.25, -0.2) is 12.8 Å². The molecule has 1 amide bonds. The minimum Gasteiger partial charge on any atom is -0.497 e. The highest BCUT2D eigenvalue weighted by molar-refractivity contribution is 7.91. The van der Waals surface area contributed by atoms with Gasteiger partial charge in [0.15, 0.2) is 9.84 Å². The largest absolute Gasteiger partial charge is 0.497 e. The molecule has 0 spiro atoms. The summed E-state index contributed by atoms with van der Waals surface area (Å²) in [6.45, 7) is 2.87. The lowest BCUT2D eigenvalue weighted by molar-refractivity contribution is -0.131. The number of methoxy groups -OCH3 is 1. The molecule has 2 saturated heterocycles. The number of carbonyl (C=O) groups is 1. The number of nitrogens with zero attached hydrogens (tertiary/aromatic N) is 2. The number of hydrogen-bond donors (Lipinski definition) is 0. The number of sulfone groups is 1. The van der Waals surface area contributed by atoms with E-state index in [1.165, 1.54) is 25.3 Å². The number of ether oxygens (including phenoxy) is 1. The van der Waals surface area contributed by atoms with Gasteiger partial charge in [0, 0.05) is 37.3 Å². The van der Waals surface area contributed by atoms with E-state index in [2.05, 4.69) is 4.90 Å². The number of amides is 1. The zero-order valence-corrected chi connectivity index (χ0v) is 18.6. The number of aryl methyl sites for hydroxylation is 1. The topological polar surface area (TPSA) is 66.9 Å². The third kappa shape index (κ3) is 4.39. The number of anilines is 1. The van der Waals surface area contributed by atoms with Crippen LogP contribution in [0.4, 0.5) is 10.1 Å². The monoisotopic (exact) mass is 446 g/mol. The lowest BCUT2D eigenvalue weighted by atomic mass is 10.1. The fourth-order valence-corrected chi connectivity index (χ4v) is 5.87. The van der Waals surface area contributed by atoms with E-state index in [1.807, 2.05) is 6.07 Å². The van der Waals surface area contributed by atoms with Crippen LogP contribution in [0.2, 0.25) is 0 Å². The van der Waals surface area contributed by atoms with E-state index >= 15 is 0 Å². The van der Waals surface area contributed by atoms with Crippen LogP contribution in [0.3, 0.4) is 0 Å². The van der Waals surface area contributed by atoms with Gasteiger partial charge >= 0.3 is 0 Å². The van der Waals surface area contributed by atoms with Crippen LogP contribution in [0, 0.1) is 12.7 Å². The SMILES string of the molecule is COc1cccc(S(=O)(=O)CCC(=O)N2CC3CCC(C2)N3c2ccc(F)c(C)c2)c1. The zero-order chi connectivity index (χ0) is 22.2. The van der Waals surface area contributed by atoms with Gasteiger partial charge in [0.05, 0.1) is 17.8 Å². The molecule has 2 bridgehead atoms. The van der Waals surface area contributed by atoms with E-state index in [4.69, 9.17) is 4.74 Å². The first-order valence-corrected chi connectivity index (χ1v) is 12.1. The fourth-order valence-electron chi connectivity index (χ4n) is 4.61. The molecule has 2 aromatic rings. The molecule has 6 nitrogen and oxygen atoms in total. The summed E-state index contributed by atoms with van der Waals surface area (Å²) in [5.41, 5.74) is 1.59. The first-order valence-electron chi connectivity index (χ1n) is 10.5. The number of halogens is 1. The van der Waals surface area contributed by atoms with Crippen molar-refractivity contribution in [3.63, 3.8) is 0 Å². The van der Waals surface area contributed by atoms with Gasteiger partial charge in [0.25, 0.3) is 0 Å². The summed E-state index contributed by atoms with van der Waals surface area (Å²) in [4.78, 5) is 17.1. The average molecular weight is 447 g/mol. The van der Waals surface area contributed by atoms with Crippen molar-refractivity contribution in [1.29, 1.82) is 0 Å². The number of hydrogen-bond acceptors (Lipinski definition) is 5. The molecule has 0 saturated carbocycles. The Labute approximate surface area is 182 Å². The summed E-state index contributed by atoms with van der Waals surface area (Å²) in [6.07, 6.45) is 1.88. The Morgan fingerprint density at radius 2 is 1.84 bits per heavy atom. The molecule has 0 aliphatic carbocycles. The van der Waals surface area contributed by atoms with Crippen molar-refractivity contribution in [2.45, 2.75) is 43.2 Å². The van der Waals surface area contributed by atoms with Gasteiger partial charge in [-0.2, -0.15) is 0 Å². The molecule has 8 heteroatoms. The number of likely N-dealkylation sites (tertiary alicyclic amines) is 1. The first-order chi connectivity index (χ1) is 14.8. The summed E-state index contributed by atoms with van der Waals surface area (Å²) in [5.74, 6) is -0.122. The summed E-state index contributed by atoms with van der Waals surface area (Å²) < 4.78 is 44.1. The lowest BCUT2D eigenvalue weighted by Crippen LogP contribution is -2.55. The molecular formula is C23H27FN2O4S. The maximum atomic E-state index is 13.7. The Bertz CT molecular complexity index is 1070. The molecular weight excluding hydrogens is 419 g/mol. The maximum absolute atomic E-state index is 13.7. The second-order valence-electron chi connectivity index (χ2n) is 8.27. The van der Waals surface area contributed by atoms with Crippen LogP contribution in [-0.4, -0.2) is 57.3 Å². The lowest BCUT2D eigenvalue weighted by Gasteiger charge is -2.42. The van der Waals surface area contributed by atoms with Crippen LogP contribution in [0.15, 0.2) is 47.4 Å². The Morgan fingerprint density at radius 3 is 2.48 bits per heavy atom. The quantitative estimate of drug-likeness (QED) is 0.682. The van der Waals surface area contributed by atoms with Gasteiger partial charge in [-0.1, -0.05) is 6.07 Å². The molecule has 2 aromatic carbocycles. The molecule has 2 atom stereocenters. The molecule has 2 heterocycles. The van der Waals surface area contributed by atoms with Crippen molar-refractivity contribution >= 4 is 21.4 Å². The highest BCUT2D eigenvalue weighted by Crippen LogP contribution is 2.35. The second-order valence-corrected chi connectivity index (χ2v) is 10.4. The van der Waals surface area contributed by atoms with Crippen molar-refractivity contribution < 1.29 is 22.3 Å². The molecule has 31 heavy (non-hydrogen) atoms. The van der Waals surface area contributed by atoms with Crippen molar-refractivity contribution in [1.82, 2.24) is 4.90 Å². The van der Waals surface area contributed by atoms with Crippen LogP contribution in [-0.2, 0) is 14.6 Å². The summed E-state index contributed by atoms with van der Waals surface area (Å²) in [6, 6.07) is 11.8. The van der Waals surface area contributed by atoms with Crippen LogP contribution >= 0.6 is 0 Å². The van der Waals surface area contributed by atoms with Crippen LogP contribution in [0.25, 0.3) is 0 Å². The molecule has 4 rings (SSSR count). The highest BCUT2D eigenvalue weighted by atomic mass is 32.2. The number of carbonyl (C=O) groups excluding carboxylic acids is 1. The Morgan fingerprint density at radius 1 is 1.13 bits per heavy atom. The average Bonchev–Trinajstić information content (AvgIpc) is 3.03. The van der Waals surface area contributed by atoms with E-state index < -0.39 is 9.84 Å². The second kappa shape index (κ2) is 8.49. The van der Waals surface area contributed by atoms with E-state index in [0.717, 1.165) is 18.5 Å². The number of fused-ring (bicyclic) bond motifs is 2. The molecule has 2 aliphatic heterocycles. The van der Waals surface area contributed by atoms with E-state index in [1.54, 1.807) is 30.0 Å². The minimum atomic E-state index is -3.57. The first kappa shape index (κ1) is 21.6. The highest BCUT2D eigenvalue weighted by Gasteiger charge is 2.41. The Balaban J connectivity index is 1.40. The van der Waals surface area contributed by atoms with Crippen LogP contribution < -0.4 is 9.64 Å². The number of rotatable bonds is 6. The fraction of sp³-hybridized carbons (Fsp3) is 0.435. The zero-order valence-electron chi connectivity index (χ0n) is 17.8. The van der Waals surface area contributed by atoms with Gasteiger partial charge in [0.2, 0.25) is 5.91 Å². The molecule has 0 radical (unpaired) electrons. The molecule has 2 aliphatic rings. The van der Waals surface area contributed by atoms with Gasteiger partial charge in [-0.05, 0) is 61.7 Å². The summed E-state index contributed by atoms with van der Waals surface area (Å²) in [7, 11) is -2.09. The van der Waals surface area contributed by atoms with Gasteiger partial charge in [-0.3, -0.25) is 4.79 Å². The summed E-state index contributed by atoms with van der Waals surface area (Å²) in [5, 5.41) is 0. The Kier molecular flexibility index (Phi) is 5.92. The van der Waals surface area contributed by atoms with E-state index in [0.29, 0.717) is 24.4 Å². The van der Waals surface area contributed by atoms with Gasteiger partial charge in [0.1, 0.15) is 11.6 Å². The van der Waals surface area contributed by atoms with Crippen molar-refractivity contribution in [3.8, 4) is 5.75 Å². The summed E-state index contributed by atoms with van der Waals surface area (Å²) >= 11 is 0. The van der Waals surface area contributed by atoms with Gasteiger partial charge < -0.3 is 14.5 Å². The third-order valence-electron chi connectivity index (χ3n) is 6.26. The van der Waals surface area contributed by atoms with Crippen LogP contribution in [0.1, 0.15) is 24.8 Å². The molecule has 2 unspecified atom stereocenters. The maximum Gasteiger partial charge on any atom is 0.223 e. The van der Waals surface area contributed by atoms with Crippen molar-refractivity contribution in [2.75, 3.05) is 30.9 Å². The van der Waals surface area contributed by atoms with E-state index in [9.17, 15) is 17.6 Å². The number of benzene rings is 2. The van der Waals surface area contributed by atoms with E-state index in [-0.39, 0.29) is 40.9 Å². The normalized spacial score (nSPS) is 20.7. The number of piperazine rings is 1. The Hall–Kier alpha value is -2.61. The molecule has 0 aromatic heterocycles. The minimum absolute atomic E-state index is 0.0470. The smallest absolute Gasteiger partial charge is 0.223 e. The molecule has 166 valence electrons. The van der Waals surface area contributed by atoms with Crippen LogP contribution in [0.5, 0.6) is 5.75 Å². The molecule has 0 N–H and O–H groups in total. The third-order valence-corrected chi connectivity index (χ3v) is 7.97. The predicted octanol–water partition coefficient (Wildman–Crippen LogP) is 3.19. The van der Waals surface area contributed by atoms with Crippen molar-refractivity contribution in [2.24, 2.45) is 0 Å².